The van der Waals surface area contributed by atoms with Gasteiger partial charge in [0.05, 0.1) is 21.8 Å². The van der Waals surface area contributed by atoms with Crippen LogP contribution in [-0.2, 0) is 10.0 Å². The molecule has 1 fully saturated rings. The van der Waals surface area contributed by atoms with Crippen molar-refractivity contribution in [1.29, 1.82) is 0 Å². The van der Waals surface area contributed by atoms with Gasteiger partial charge in [-0.05, 0) is 49.4 Å². The molecule has 150 valence electrons. The van der Waals surface area contributed by atoms with Crippen LogP contribution in [0.1, 0.15) is 22.8 Å². The van der Waals surface area contributed by atoms with Gasteiger partial charge in [0.15, 0.2) is 0 Å². The number of carbonyl (C=O) groups is 1. The number of carboxylic acids is 1. The molecule has 2 aromatic carbocycles. The normalized spacial score (nSPS) is 15.4. The number of aromatic carboxylic acids is 1. The van der Waals surface area contributed by atoms with Crippen LogP contribution in [0.25, 0.3) is 0 Å². The van der Waals surface area contributed by atoms with E-state index in [1.165, 1.54) is 18.2 Å². The number of nitrogens with zero attached hydrogens (tertiary/aromatic N) is 2. The van der Waals surface area contributed by atoms with Crippen molar-refractivity contribution in [2.24, 2.45) is 0 Å². The highest BCUT2D eigenvalue weighted by molar-refractivity contribution is 7.92. The Hall–Kier alpha value is -2.58. The van der Waals surface area contributed by atoms with Gasteiger partial charge in [-0.25, -0.2) is 13.2 Å². The standard InChI is InChI=1S/C20H25N3O4S/c1-3-22-9-11-23(12-10-22)19-8-7-16(20(24)25)14-18(19)21-28(26,27)17-6-4-5-15(2)13-17/h4-8,13-14,21H,3,9-12H2,1-2H3,(H,24,25). The number of sulfonamides is 1. The van der Waals surface area contributed by atoms with E-state index < -0.39 is 16.0 Å². The zero-order chi connectivity index (χ0) is 20.3. The Balaban J connectivity index is 1.96. The fraction of sp³-hybridized carbons (Fsp3) is 0.350. The quantitative estimate of drug-likeness (QED) is 0.771. The van der Waals surface area contributed by atoms with E-state index in [1.54, 1.807) is 18.2 Å². The van der Waals surface area contributed by atoms with E-state index in [0.717, 1.165) is 38.3 Å². The number of carboxylic acid groups (broad SMARTS) is 1. The second-order valence-corrected chi connectivity index (χ2v) is 8.56. The van der Waals surface area contributed by atoms with Gasteiger partial charge in [0.2, 0.25) is 0 Å². The molecule has 2 aromatic rings. The zero-order valence-electron chi connectivity index (χ0n) is 16.1. The first-order valence-electron chi connectivity index (χ1n) is 9.24. The third-order valence-corrected chi connectivity index (χ3v) is 6.31. The molecule has 8 heteroatoms. The number of nitrogens with one attached hydrogen (secondary N) is 1. The van der Waals surface area contributed by atoms with Gasteiger partial charge in [-0.15, -0.1) is 0 Å². The van der Waals surface area contributed by atoms with Crippen molar-refractivity contribution in [2.45, 2.75) is 18.7 Å². The van der Waals surface area contributed by atoms with Crippen molar-refractivity contribution < 1.29 is 18.3 Å². The highest BCUT2D eigenvalue weighted by atomic mass is 32.2. The van der Waals surface area contributed by atoms with Gasteiger partial charge in [-0.2, -0.15) is 0 Å². The molecular formula is C20H25N3O4S. The summed E-state index contributed by atoms with van der Waals surface area (Å²) in [5, 5.41) is 9.33. The predicted molar refractivity (Wildman–Crippen MR) is 110 cm³/mol. The summed E-state index contributed by atoms with van der Waals surface area (Å²) in [5.74, 6) is -1.10. The Morgan fingerprint density at radius 1 is 1.11 bits per heavy atom. The smallest absolute Gasteiger partial charge is 0.335 e. The SMILES string of the molecule is CCN1CCN(c2ccc(C(=O)O)cc2NS(=O)(=O)c2cccc(C)c2)CC1. The lowest BCUT2D eigenvalue weighted by Gasteiger charge is -2.36. The summed E-state index contributed by atoms with van der Waals surface area (Å²) in [6, 6.07) is 11.2. The zero-order valence-corrected chi connectivity index (χ0v) is 16.9. The van der Waals surface area contributed by atoms with Gasteiger partial charge in [0.25, 0.3) is 10.0 Å². The highest BCUT2D eigenvalue weighted by Crippen LogP contribution is 2.30. The molecule has 0 bridgehead atoms. The molecule has 0 saturated carbocycles. The molecule has 0 atom stereocenters. The molecule has 0 aliphatic carbocycles. The first-order valence-corrected chi connectivity index (χ1v) is 10.7. The maximum atomic E-state index is 12.9. The number of piperazine rings is 1. The summed E-state index contributed by atoms with van der Waals surface area (Å²) < 4.78 is 28.4. The van der Waals surface area contributed by atoms with Crippen molar-refractivity contribution in [3.63, 3.8) is 0 Å². The molecule has 1 saturated heterocycles. The molecule has 3 rings (SSSR count). The van der Waals surface area contributed by atoms with E-state index >= 15 is 0 Å². The number of likely N-dealkylation sites (N-methyl/N-ethyl adjacent to an activating group) is 1. The van der Waals surface area contributed by atoms with Gasteiger partial charge in [-0.1, -0.05) is 19.1 Å². The van der Waals surface area contributed by atoms with Crippen LogP contribution in [-0.4, -0.2) is 57.1 Å². The summed E-state index contributed by atoms with van der Waals surface area (Å²) in [4.78, 5) is 16.0. The third kappa shape index (κ3) is 4.45. The largest absolute Gasteiger partial charge is 0.478 e. The second kappa shape index (κ2) is 8.20. The van der Waals surface area contributed by atoms with E-state index in [0.29, 0.717) is 5.69 Å². The molecule has 2 N–H and O–H groups in total. The van der Waals surface area contributed by atoms with Gasteiger partial charge in [0.1, 0.15) is 0 Å². The molecular weight excluding hydrogens is 378 g/mol. The number of aryl methyl sites for hydroxylation is 1. The molecule has 0 spiro atoms. The summed E-state index contributed by atoms with van der Waals surface area (Å²) in [5.41, 5.74) is 1.85. The molecule has 0 amide bonds. The molecule has 1 aliphatic heterocycles. The minimum absolute atomic E-state index is 0.0397. The lowest BCUT2D eigenvalue weighted by Crippen LogP contribution is -2.46. The van der Waals surface area contributed by atoms with Gasteiger partial charge >= 0.3 is 5.97 Å². The van der Waals surface area contributed by atoms with Crippen molar-refractivity contribution in [1.82, 2.24) is 4.90 Å². The number of benzene rings is 2. The number of hydrogen-bond donors (Lipinski definition) is 2. The number of hydrogen-bond acceptors (Lipinski definition) is 5. The first-order chi connectivity index (χ1) is 13.3. The molecule has 28 heavy (non-hydrogen) atoms. The predicted octanol–water partition coefficient (Wildman–Crippen LogP) is 2.64. The van der Waals surface area contributed by atoms with Crippen molar-refractivity contribution in [3.8, 4) is 0 Å². The first kappa shape index (κ1) is 20.2. The van der Waals surface area contributed by atoms with Crippen molar-refractivity contribution in [3.05, 3.63) is 53.6 Å². The van der Waals surface area contributed by atoms with Crippen molar-refractivity contribution in [2.75, 3.05) is 42.3 Å². The van der Waals surface area contributed by atoms with Crippen LogP contribution < -0.4 is 9.62 Å². The van der Waals surface area contributed by atoms with Crippen LogP contribution in [0.15, 0.2) is 47.4 Å². The Morgan fingerprint density at radius 3 is 2.43 bits per heavy atom. The maximum absolute atomic E-state index is 12.9. The Labute approximate surface area is 165 Å². The lowest BCUT2D eigenvalue weighted by molar-refractivity contribution is 0.0697. The van der Waals surface area contributed by atoms with E-state index in [2.05, 4.69) is 21.4 Å². The van der Waals surface area contributed by atoms with Crippen LogP contribution in [0.3, 0.4) is 0 Å². The molecule has 0 unspecified atom stereocenters. The van der Waals surface area contributed by atoms with Crippen LogP contribution in [0.5, 0.6) is 0 Å². The highest BCUT2D eigenvalue weighted by Gasteiger charge is 2.22. The topological polar surface area (TPSA) is 89.9 Å². The molecule has 1 aliphatic rings. The average molecular weight is 404 g/mol. The monoisotopic (exact) mass is 403 g/mol. The van der Waals surface area contributed by atoms with Gasteiger partial charge < -0.3 is 14.9 Å². The Kier molecular flexibility index (Phi) is 5.90. The summed E-state index contributed by atoms with van der Waals surface area (Å²) in [6.45, 7) is 8.15. The van der Waals surface area contributed by atoms with E-state index in [9.17, 15) is 18.3 Å². The minimum atomic E-state index is -3.83. The Bertz CT molecular complexity index is 967. The van der Waals surface area contributed by atoms with E-state index in [1.807, 2.05) is 13.0 Å². The summed E-state index contributed by atoms with van der Waals surface area (Å²) in [7, 11) is -3.83. The fourth-order valence-electron chi connectivity index (χ4n) is 3.32. The van der Waals surface area contributed by atoms with Gasteiger partial charge in [0, 0.05) is 26.2 Å². The van der Waals surface area contributed by atoms with Crippen molar-refractivity contribution >= 4 is 27.4 Å². The molecule has 0 radical (unpaired) electrons. The van der Waals surface area contributed by atoms with Crippen LogP contribution in [0.4, 0.5) is 11.4 Å². The molecule has 1 heterocycles. The minimum Gasteiger partial charge on any atom is -0.478 e. The molecule has 7 nitrogen and oxygen atoms in total. The lowest BCUT2D eigenvalue weighted by atomic mass is 10.1. The third-order valence-electron chi connectivity index (χ3n) is 4.95. The number of rotatable bonds is 6. The maximum Gasteiger partial charge on any atom is 0.335 e. The van der Waals surface area contributed by atoms with Gasteiger partial charge in [-0.3, -0.25) is 4.72 Å². The van der Waals surface area contributed by atoms with E-state index in [4.69, 9.17) is 0 Å². The van der Waals surface area contributed by atoms with Crippen LogP contribution >= 0.6 is 0 Å². The summed E-state index contributed by atoms with van der Waals surface area (Å²) >= 11 is 0. The molecule has 0 aromatic heterocycles. The average Bonchev–Trinajstić information content (AvgIpc) is 2.68. The summed E-state index contributed by atoms with van der Waals surface area (Å²) in [6.07, 6.45) is 0. The van der Waals surface area contributed by atoms with Crippen LogP contribution in [0, 0.1) is 6.92 Å². The van der Waals surface area contributed by atoms with Crippen LogP contribution in [0.2, 0.25) is 0 Å². The Morgan fingerprint density at radius 2 is 1.82 bits per heavy atom. The second-order valence-electron chi connectivity index (χ2n) is 6.88. The fourth-order valence-corrected chi connectivity index (χ4v) is 4.49. The van der Waals surface area contributed by atoms with E-state index in [-0.39, 0.29) is 16.1 Å². The number of anilines is 2.